The van der Waals surface area contributed by atoms with Gasteiger partial charge in [0.25, 0.3) is 0 Å². The number of hydrogen-bond acceptors (Lipinski definition) is 1. The molecule has 1 heterocycles. The molecule has 50 valence electrons. The van der Waals surface area contributed by atoms with E-state index in [-0.39, 0.29) is 12.4 Å². The van der Waals surface area contributed by atoms with Crippen LogP contribution in [0.3, 0.4) is 0 Å². The highest BCUT2D eigenvalue weighted by atomic mass is 35.5. The molecule has 0 N–H and O–H groups in total. The summed E-state index contributed by atoms with van der Waals surface area (Å²) in [5.41, 5.74) is 0. The third kappa shape index (κ3) is 2.86. The maximum absolute atomic E-state index is 2.74. The number of piperidine rings is 1. The topological polar surface area (TPSA) is 3.24 Å². The fraction of sp³-hybridized carbons (Fsp3) is 1.00. The van der Waals surface area contributed by atoms with Crippen LogP contribution in [-0.4, -0.2) is 17.8 Å². The first-order valence-electron chi connectivity index (χ1n) is 2.89. The van der Waals surface area contributed by atoms with Gasteiger partial charge in [0, 0.05) is 13.1 Å². The number of rotatable bonds is 0. The molecular formula is C5H13ClNP. The van der Waals surface area contributed by atoms with E-state index in [0.717, 1.165) is 0 Å². The smallest absolute Gasteiger partial charge is 0.00161 e. The molecule has 1 rings (SSSR count). The van der Waals surface area contributed by atoms with Crippen LogP contribution in [0.15, 0.2) is 0 Å². The molecule has 0 radical (unpaired) electrons. The zero-order valence-electron chi connectivity index (χ0n) is 4.97. The lowest BCUT2D eigenvalue weighted by Crippen LogP contribution is -2.18. The van der Waals surface area contributed by atoms with E-state index in [0.29, 0.717) is 0 Å². The first-order valence-corrected chi connectivity index (χ1v) is 3.41. The molecule has 0 amide bonds. The maximum atomic E-state index is 2.74. The molecule has 0 aromatic rings. The number of halogens is 1. The van der Waals surface area contributed by atoms with Gasteiger partial charge in [0.05, 0.1) is 0 Å². The Morgan fingerprint density at radius 2 is 1.50 bits per heavy atom. The predicted molar refractivity (Wildman–Crippen MR) is 42.4 cm³/mol. The number of nitrogens with zero attached hydrogens (tertiary/aromatic N) is 1. The van der Waals surface area contributed by atoms with Crippen molar-refractivity contribution in [3.8, 4) is 0 Å². The van der Waals surface area contributed by atoms with Crippen molar-refractivity contribution in [2.45, 2.75) is 19.3 Å². The van der Waals surface area contributed by atoms with Crippen molar-refractivity contribution in [2.75, 3.05) is 13.1 Å². The van der Waals surface area contributed by atoms with Gasteiger partial charge < -0.3 is 0 Å². The molecule has 0 aliphatic carbocycles. The second-order valence-corrected chi connectivity index (χ2v) is 2.83. The molecule has 1 unspecified atom stereocenters. The van der Waals surface area contributed by atoms with Crippen LogP contribution in [0.2, 0.25) is 0 Å². The SMILES string of the molecule is Cl.PN1CCCCC1. The molecule has 1 saturated heterocycles. The van der Waals surface area contributed by atoms with Crippen LogP contribution in [-0.2, 0) is 0 Å². The zero-order chi connectivity index (χ0) is 5.11. The first-order chi connectivity index (χ1) is 3.39. The van der Waals surface area contributed by atoms with Gasteiger partial charge in [-0.15, -0.1) is 12.4 Å². The van der Waals surface area contributed by atoms with E-state index in [9.17, 15) is 0 Å². The Morgan fingerprint density at radius 3 is 1.75 bits per heavy atom. The van der Waals surface area contributed by atoms with Crippen LogP contribution in [0.5, 0.6) is 0 Å². The van der Waals surface area contributed by atoms with E-state index in [1.165, 1.54) is 32.4 Å². The fourth-order valence-corrected chi connectivity index (χ4v) is 1.28. The fourth-order valence-electron chi connectivity index (χ4n) is 0.918. The van der Waals surface area contributed by atoms with Crippen LogP contribution in [0.1, 0.15) is 19.3 Å². The van der Waals surface area contributed by atoms with Crippen LogP contribution in [0.25, 0.3) is 0 Å². The Morgan fingerprint density at radius 1 is 1.00 bits per heavy atom. The second kappa shape index (κ2) is 4.55. The molecule has 0 bridgehead atoms. The van der Waals surface area contributed by atoms with Crippen molar-refractivity contribution < 1.29 is 0 Å². The minimum absolute atomic E-state index is 0. The summed E-state index contributed by atoms with van der Waals surface area (Å²) in [4.78, 5) is 0. The minimum atomic E-state index is 0. The molecule has 0 aromatic heterocycles. The summed E-state index contributed by atoms with van der Waals surface area (Å²) in [5, 5.41) is 0. The lowest BCUT2D eigenvalue weighted by molar-refractivity contribution is 0.379. The third-order valence-electron chi connectivity index (χ3n) is 1.39. The maximum Gasteiger partial charge on any atom is 0.00161 e. The first kappa shape index (κ1) is 8.68. The minimum Gasteiger partial charge on any atom is -0.287 e. The normalized spacial score (nSPS) is 22.1. The van der Waals surface area contributed by atoms with Crippen LogP contribution in [0, 0.1) is 0 Å². The van der Waals surface area contributed by atoms with Crippen molar-refractivity contribution in [3.63, 3.8) is 0 Å². The summed E-state index contributed by atoms with van der Waals surface area (Å²) >= 11 is 0. The summed E-state index contributed by atoms with van der Waals surface area (Å²) in [7, 11) is 2.74. The monoisotopic (exact) mass is 153 g/mol. The molecule has 1 fully saturated rings. The van der Waals surface area contributed by atoms with E-state index >= 15 is 0 Å². The van der Waals surface area contributed by atoms with Crippen LogP contribution >= 0.6 is 21.8 Å². The summed E-state index contributed by atoms with van der Waals surface area (Å²) in [6.07, 6.45) is 4.22. The third-order valence-corrected chi connectivity index (χ3v) is 1.91. The summed E-state index contributed by atoms with van der Waals surface area (Å²) in [6, 6.07) is 0. The van der Waals surface area contributed by atoms with Gasteiger partial charge in [-0.1, -0.05) is 15.8 Å². The van der Waals surface area contributed by atoms with E-state index in [4.69, 9.17) is 0 Å². The van der Waals surface area contributed by atoms with Gasteiger partial charge in [-0.3, -0.25) is 4.67 Å². The predicted octanol–water partition coefficient (Wildman–Crippen LogP) is 1.68. The summed E-state index contributed by atoms with van der Waals surface area (Å²) in [6.45, 7) is 2.56. The Kier molecular flexibility index (Phi) is 4.94. The zero-order valence-corrected chi connectivity index (χ0v) is 6.94. The lowest BCUT2D eigenvalue weighted by Gasteiger charge is -2.20. The number of hydrogen-bond donors (Lipinski definition) is 0. The standard InChI is InChI=1S/C5H12NP.ClH/c7-6-4-2-1-3-5-6;/h1-5,7H2;1H. The molecule has 3 heteroatoms. The van der Waals surface area contributed by atoms with E-state index in [1.807, 2.05) is 0 Å². The van der Waals surface area contributed by atoms with Crippen molar-refractivity contribution in [2.24, 2.45) is 0 Å². The van der Waals surface area contributed by atoms with Gasteiger partial charge >= 0.3 is 0 Å². The van der Waals surface area contributed by atoms with E-state index in [1.54, 1.807) is 0 Å². The quantitative estimate of drug-likeness (QED) is 0.479. The molecule has 0 spiro atoms. The van der Waals surface area contributed by atoms with E-state index < -0.39 is 0 Å². The summed E-state index contributed by atoms with van der Waals surface area (Å²) in [5.74, 6) is 0. The Hall–Kier alpha value is 0.680. The van der Waals surface area contributed by atoms with Gasteiger partial charge in [-0.2, -0.15) is 0 Å². The van der Waals surface area contributed by atoms with Crippen LogP contribution < -0.4 is 0 Å². The Labute approximate surface area is 59.5 Å². The van der Waals surface area contributed by atoms with Crippen molar-refractivity contribution in [1.82, 2.24) is 4.67 Å². The van der Waals surface area contributed by atoms with Gasteiger partial charge in [0.15, 0.2) is 0 Å². The highest BCUT2D eigenvalue weighted by Gasteiger charge is 2.02. The second-order valence-electron chi connectivity index (χ2n) is 2.10. The molecule has 8 heavy (non-hydrogen) atoms. The van der Waals surface area contributed by atoms with E-state index in [2.05, 4.69) is 14.1 Å². The molecule has 0 saturated carbocycles. The Balaban J connectivity index is 0.000000490. The van der Waals surface area contributed by atoms with Crippen molar-refractivity contribution in [3.05, 3.63) is 0 Å². The molecule has 0 aromatic carbocycles. The molecule has 1 aliphatic rings. The molecule has 1 nitrogen and oxygen atoms in total. The van der Waals surface area contributed by atoms with Crippen LogP contribution in [0.4, 0.5) is 0 Å². The van der Waals surface area contributed by atoms with Crippen molar-refractivity contribution >= 4 is 21.8 Å². The average molecular weight is 154 g/mol. The lowest BCUT2D eigenvalue weighted by atomic mass is 10.2. The van der Waals surface area contributed by atoms with Gasteiger partial charge in [0.1, 0.15) is 0 Å². The Bertz CT molecular complexity index is 54.4. The summed E-state index contributed by atoms with van der Waals surface area (Å²) < 4.78 is 2.31. The highest BCUT2D eigenvalue weighted by molar-refractivity contribution is 7.13. The average Bonchev–Trinajstić information content (AvgIpc) is 1.69. The molecule has 1 aliphatic heterocycles. The van der Waals surface area contributed by atoms with Gasteiger partial charge in [-0.05, 0) is 12.8 Å². The largest absolute Gasteiger partial charge is 0.287 e. The van der Waals surface area contributed by atoms with Gasteiger partial charge in [0.2, 0.25) is 0 Å². The molecule has 1 atom stereocenters. The van der Waals surface area contributed by atoms with Gasteiger partial charge in [-0.25, -0.2) is 0 Å². The highest BCUT2D eigenvalue weighted by Crippen LogP contribution is 2.11. The molecular weight excluding hydrogens is 140 g/mol. The van der Waals surface area contributed by atoms with Crippen molar-refractivity contribution in [1.29, 1.82) is 0 Å².